The number of methoxy groups -OCH3 is 1. The molecule has 2 N–H and O–H groups in total. The molecule has 0 saturated carbocycles. The number of hydrogen-bond acceptors (Lipinski definition) is 5. The molecule has 1 aromatic carbocycles. The number of carbonyl (C=O) groups is 3. The minimum atomic E-state index is -0.609. The highest BCUT2D eigenvalue weighted by Gasteiger charge is 2.26. The maximum atomic E-state index is 12.5. The number of hydrogen-bond donors (Lipinski definition) is 2. The van der Waals surface area contributed by atoms with Crippen molar-refractivity contribution in [2.45, 2.75) is 26.7 Å². The van der Waals surface area contributed by atoms with Crippen molar-refractivity contribution >= 4 is 45.7 Å². The Labute approximate surface area is 166 Å². The van der Waals surface area contributed by atoms with Gasteiger partial charge in [0.1, 0.15) is 5.00 Å². The van der Waals surface area contributed by atoms with Crippen LogP contribution in [-0.2, 0) is 4.74 Å². The summed E-state index contributed by atoms with van der Waals surface area (Å²) < 4.78 is 4.82. The number of nitrogens with one attached hydrogen (secondary N) is 2. The van der Waals surface area contributed by atoms with Gasteiger partial charge in [-0.05, 0) is 43.2 Å². The first kappa shape index (κ1) is 20.9. The van der Waals surface area contributed by atoms with E-state index in [0.717, 1.165) is 24.2 Å². The number of thiophene rings is 1. The molecule has 0 aliphatic carbocycles. The molecule has 6 nitrogen and oxygen atoms in total. The van der Waals surface area contributed by atoms with E-state index < -0.39 is 11.9 Å². The van der Waals surface area contributed by atoms with Crippen LogP contribution in [0.5, 0.6) is 0 Å². The van der Waals surface area contributed by atoms with Crippen molar-refractivity contribution in [3.05, 3.63) is 50.9 Å². The number of esters is 1. The van der Waals surface area contributed by atoms with Gasteiger partial charge in [-0.25, -0.2) is 4.79 Å². The molecule has 2 rings (SSSR count). The lowest BCUT2D eigenvalue weighted by Crippen LogP contribution is -2.24. The summed E-state index contributed by atoms with van der Waals surface area (Å²) in [7, 11) is 1.26. The molecule has 0 saturated heterocycles. The summed E-state index contributed by atoms with van der Waals surface area (Å²) in [6, 6.07) is 6.36. The fourth-order valence-corrected chi connectivity index (χ4v) is 3.63. The molecule has 8 heteroatoms. The molecule has 144 valence electrons. The standard InChI is InChI=1S/C19H21ClN2O4S/c1-4-5-10-21-17(24)15-11(2)14(19(25)26-3)18(27-15)22-16(23)12-6-8-13(20)9-7-12/h6-9H,4-5,10H2,1-3H3,(H,21,24)(H,22,23). The highest BCUT2D eigenvalue weighted by molar-refractivity contribution is 7.18. The number of benzene rings is 1. The maximum absolute atomic E-state index is 12.5. The molecule has 1 heterocycles. The number of carbonyl (C=O) groups excluding carboxylic acids is 3. The third-order valence-electron chi connectivity index (χ3n) is 3.89. The van der Waals surface area contributed by atoms with Gasteiger partial charge in [-0.15, -0.1) is 11.3 Å². The third kappa shape index (κ3) is 5.08. The molecule has 0 aliphatic heterocycles. The molecule has 2 amide bonds. The number of unbranched alkanes of at least 4 members (excludes halogenated alkanes) is 1. The average Bonchev–Trinajstić information content (AvgIpc) is 2.97. The maximum Gasteiger partial charge on any atom is 0.341 e. The minimum Gasteiger partial charge on any atom is -0.465 e. The zero-order valence-corrected chi connectivity index (χ0v) is 16.9. The van der Waals surface area contributed by atoms with E-state index in [9.17, 15) is 14.4 Å². The Balaban J connectivity index is 2.32. The first-order chi connectivity index (χ1) is 12.9. The molecular formula is C19H21ClN2O4S. The Morgan fingerprint density at radius 3 is 2.41 bits per heavy atom. The predicted octanol–water partition coefficient (Wildman–Crippen LogP) is 4.28. The number of halogens is 1. The van der Waals surface area contributed by atoms with Gasteiger partial charge < -0.3 is 15.4 Å². The lowest BCUT2D eigenvalue weighted by molar-refractivity contribution is 0.0601. The summed E-state index contributed by atoms with van der Waals surface area (Å²) in [6.07, 6.45) is 1.82. The Bertz CT molecular complexity index is 846. The van der Waals surface area contributed by atoms with Crippen LogP contribution in [0.3, 0.4) is 0 Å². The van der Waals surface area contributed by atoms with Gasteiger partial charge in [0.2, 0.25) is 0 Å². The summed E-state index contributed by atoms with van der Waals surface area (Å²) in [5.74, 6) is -1.29. The first-order valence-electron chi connectivity index (χ1n) is 8.45. The van der Waals surface area contributed by atoms with E-state index in [-0.39, 0.29) is 16.5 Å². The van der Waals surface area contributed by atoms with Gasteiger partial charge >= 0.3 is 5.97 Å². The van der Waals surface area contributed by atoms with Crippen LogP contribution in [0.4, 0.5) is 5.00 Å². The second kappa shape index (κ2) is 9.53. The smallest absolute Gasteiger partial charge is 0.341 e. The van der Waals surface area contributed by atoms with E-state index in [0.29, 0.717) is 27.6 Å². The molecule has 0 spiro atoms. The van der Waals surface area contributed by atoms with Gasteiger partial charge in [0.15, 0.2) is 0 Å². The summed E-state index contributed by atoms with van der Waals surface area (Å²) in [5.41, 5.74) is 1.05. The molecule has 0 aliphatic rings. The van der Waals surface area contributed by atoms with Crippen molar-refractivity contribution in [1.29, 1.82) is 0 Å². The molecule has 0 radical (unpaired) electrons. The van der Waals surface area contributed by atoms with Crippen LogP contribution in [0, 0.1) is 6.92 Å². The number of ether oxygens (including phenoxy) is 1. The van der Waals surface area contributed by atoms with Gasteiger partial charge in [-0.3, -0.25) is 9.59 Å². The van der Waals surface area contributed by atoms with Crippen molar-refractivity contribution in [3.63, 3.8) is 0 Å². The second-order valence-corrected chi connectivity index (χ2v) is 7.28. The molecule has 0 unspecified atom stereocenters. The Morgan fingerprint density at radius 2 is 1.81 bits per heavy atom. The first-order valence-corrected chi connectivity index (χ1v) is 9.65. The average molecular weight is 409 g/mol. The number of rotatable bonds is 7. The highest BCUT2D eigenvalue weighted by atomic mass is 35.5. The zero-order valence-electron chi connectivity index (χ0n) is 15.3. The van der Waals surface area contributed by atoms with Crippen LogP contribution in [-0.4, -0.2) is 31.4 Å². The zero-order chi connectivity index (χ0) is 20.0. The minimum absolute atomic E-state index is 0.186. The van der Waals surface area contributed by atoms with Crippen LogP contribution < -0.4 is 10.6 Å². The van der Waals surface area contributed by atoms with Crippen LogP contribution in [0.1, 0.15) is 55.7 Å². The summed E-state index contributed by atoms with van der Waals surface area (Å²) >= 11 is 6.89. The van der Waals surface area contributed by atoms with Gasteiger partial charge in [0, 0.05) is 17.1 Å². The molecular weight excluding hydrogens is 388 g/mol. The van der Waals surface area contributed by atoms with E-state index in [1.807, 2.05) is 6.92 Å². The Hall–Kier alpha value is -2.38. The van der Waals surface area contributed by atoms with Gasteiger partial charge in [0.05, 0.1) is 17.6 Å². The lowest BCUT2D eigenvalue weighted by atomic mass is 10.1. The second-order valence-electron chi connectivity index (χ2n) is 5.82. The number of amides is 2. The van der Waals surface area contributed by atoms with E-state index in [4.69, 9.17) is 16.3 Å². The van der Waals surface area contributed by atoms with E-state index in [2.05, 4.69) is 10.6 Å². The van der Waals surface area contributed by atoms with Crippen molar-refractivity contribution < 1.29 is 19.1 Å². The van der Waals surface area contributed by atoms with Gasteiger partial charge in [-0.1, -0.05) is 24.9 Å². The van der Waals surface area contributed by atoms with Crippen molar-refractivity contribution in [1.82, 2.24) is 5.32 Å². The molecule has 1 aromatic heterocycles. The quantitative estimate of drug-likeness (QED) is 0.529. The van der Waals surface area contributed by atoms with Crippen molar-refractivity contribution in [2.75, 3.05) is 19.0 Å². The monoisotopic (exact) mass is 408 g/mol. The molecule has 2 aromatic rings. The van der Waals surface area contributed by atoms with Gasteiger partial charge in [0.25, 0.3) is 11.8 Å². The Kier molecular flexibility index (Phi) is 7.38. The normalized spacial score (nSPS) is 10.4. The highest BCUT2D eigenvalue weighted by Crippen LogP contribution is 2.34. The third-order valence-corrected chi connectivity index (χ3v) is 5.35. The molecule has 27 heavy (non-hydrogen) atoms. The van der Waals surface area contributed by atoms with Crippen molar-refractivity contribution in [2.24, 2.45) is 0 Å². The van der Waals surface area contributed by atoms with Crippen LogP contribution in [0.15, 0.2) is 24.3 Å². The van der Waals surface area contributed by atoms with E-state index in [1.165, 1.54) is 7.11 Å². The van der Waals surface area contributed by atoms with Crippen molar-refractivity contribution in [3.8, 4) is 0 Å². The molecule has 0 bridgehead atoms. The topological polar surface area (TPSA) is 84.5 Å². The Morgan fingerprint density at radius 1 is 1.15 bits per heavy atom. The SMILES string of the molecule is CCCCNC(=O)c1sc(NC(=O)c2ccc(Cl)cc2)c(C(=O)OC)c1C. The summed E-state index contributed by atoms with van der Waals surface area (Å²) in [5, 5.41) is 6.31. The van der Waals surface area contributed by atoms with Crippen LogP contribution in [0.25, 0.3) is 0 Å². The molecule has 0 atom stereocenters. The van der Waals surface area contributed by atoms with Gasteiger partial charge in [-0.2, -0.15) is 0 Å². The fourth-order valence-electron chi connectivity index (χ4n) is 2.40. The lowest BCUT2D eigenvalue weighted by Gasteiger charge is -2.06. The summed E-state index contributed by atoms with van der Waals surface area (Å²) in [6.45, 7) is 4.24. The van der Waals surface area contributed by atoms with E-state index >= 15 is 0 Å². The van der Waals surface area contributed by atoms with Crippen LogP contribution >= 0.6 is 22.9 Å². The largest absolute Gasteiger partial charge is 0.465 e. The van der Waals surface area contributed by atoms with Crippen LogP contribution in [0.2, 0.25) is 5.02 Å². The fraction of sp³-hybridized carbons (Fsp3) is 0.316. The predicted molar refractivity (Wildman–Crippen MR) is 107 cm³/mol. The van der Waals surface area contributed by atoms with E-state index in [1.54, 1.807) is 31.2 Å². The summed E-state index contributed by atoms with van der Waals surface area (Å²) in [4.78, 5) is 37.5. The molecule has 0 fully saturated rings. The number of anilines is 1.